The largest absolute Gasteiger partial charge is 0.365 e. The molecule has 3 aromatic heterocycles. The summed E-state index contributed by atoms with van der Waals surface area (Å²) in [7, 11) is 0. The maximum Gasteiger partial charge on any atom is 0.263 e. The Kier molecular flexibility index (Phi) is 6.06. The highest BCUT2D eigenvalue weighted by atomic mass is 32.1. The highest BCUT2D eigenvalue weighted by Crippen LogP contribution is 2.38. The van der Waals surface area contributed by atoms with Gasteiger partial charge in [0.2, 0.25) is 5.91 Å². The molecule has 3 N–H and O–H groups in total. The molecule has 1 atom stereocenters. The third-order valence-electron chi connectivity index (χ3n) is 6.60. The molecule has 5 rings (SSSR count). The molecule has 180 valence electrons. The topological polar surface area (TPSA) is 107 Å². The van der Waals surface area contributed by atoms with E-state index >= 15 is 0 Å². The molecular weight excluding hydrogens is 480 g/mol. The number of hydrogen-bond donors (Lipinski definition) is 2. The fourth-order valence-electron chi connectivity index (χ4n) is 4.72. The van der Waals surface area contributed by atoms with Crippen LogP contribution in [0.15, 0.2) is 35.4 Å². The van der Waals surface area contributed by atoms with E-state index in [-0.39, 0.29) is 5.56 Å². The van der Waals surface area contributed by atoms with E-state index in [0.717, 1.165) is 57.7 Å². The number of anilines is 1. The average Bonchev–Trinajstić information content (AvgIpc) is 3.36. The Labute approximate surface area is 210 Å². The summed E-state index contributed by atoms with van der Waals surface area (Å²) in [6.07, 6.45) is 5.15. The van der Waals surface area contributed by atoms with Crippen molar-refractivity contribution in [2.45, 2.75) is 52.5 Å². The molecule has 0 saturated heterocycles. The molecule has 0 fully saturated rings. The highest BCUT2D eigenvalue weighted by Gasteiger charge is 2.27. The van der Waals surface area contributed by atoms with Gasteiger partial charge in [-0.3, -0.25) is 19.0 Å². The number of benzene rings is 1. The van der Waals surface area contributed by atoms with Crippen molar-refractivity contribution in [3.05, 3.63) is 67.4 Å². The molecule has 0 bridgehead atoms. The van der Waals surface area contributed by atoms with Crippen LogP contribution in [-0.2, 0) is 17.6 Å². The van der Waals surface area contributed by atoms with Crippen LogP contribution in [0.2, 0.25) is 0 Å². The van der Waals surface area contributed by atoms with E-state index in [4.69, 9.17) is 5.73 Å². The monoisotopic (exact) mass is 506 g/mol. The highest BCUT2D eigenvalue weighted by molar-refractivity contribution is 7.19. The van der Waals surface area contributed by atoms with Crippen LogP contribution in [0, 0.1) is 13.8 Å². The first-order valence-electron chi connectivity index (χ1n) is 11.6. The number of amides is 2. The van der Waals surface area contributed by atoms with Gasteiger partial charge in [0.15, 0.2) is 0 Å². The van der Waals surface area contributed by atoms with E-state index in [9.17, 15) is 14.4 Å². The van der Waals surface area contributed by atoms with Crippen molar-refractivity contribution in [1.29, 1.82) is 0 Å². The second-order valence-electron chi connectivity index (χ2n) is 8.98. The lowest BCUT2D eigenvalue weighted by molar-refractivity contribution is -0.118. The van der Waals surface area contributed by atoms with Gasteiger partial charge in [0.05, 0.1) is 17.3 Å². The van der Waals surface area contributed by atoms with Gasteiger partial charge in [-0.05, 0) is 57.6 Å². The van der Waals surface area contributed by atoms with Gasteiger partial charge in [-0.1, -0.05) is 29.8 Å². The molecule has 1 unspecified atom stereocenters. The lowest BCUT2D eigenvalue weighted by Gasteiger charge is -2.15. The van der Waals surface area contributed by atoms with Crippen LogP contribution < -0.4 is 16.6 Å². The van der Waals surface area contributed by atoms with Crippen molar-refractivity contribution in [2.75, 3.05) is 5.32 Å². The molecule has 4 aromatic rings. The summed E-state index contributed by atoms with van der Waals surface area (Å²) >= 11 is 2.88. The van der Waals surface area contributed by atoms with Crippen molar-refractivity contribution in [1.82, 2.24) is 9.55 Å². The summed E-state index contributed by atoms with van der Waals surface area (Å²) in [5, 5.41) is 3.86. The zero-order chi connectivity index (χ0) is 24.9. The fraction of sp³-hybridized carbons (Fsp3) is 0.308. The Bertz CT molecular complexity index is 1530. The van der Waals surface area contributed by atoms with Crippen LogP contribution in [0.25, 0.3) is 21.3 Å². The van der Waals surface area contributed by atoms with Crippen LogP contribution in [0.1, 0.15) is 57.0 Å². The molecule has 1 aromatic carbocycles. The third-order valence-corrected chi connectivity index (χ3v) is 8.83. The van der Waals surface area contributed by atoms with Crippen molar-refractivity contribution < 1.29 is 9.59 Å². The first-order chi connectivity index (χ1) is 16.8. The van der Waals surface area contributed by atoms with E-state index < -0.39 is 17.9 Å². The summed E-state index contributed by atoms with van der Waals surface area (Å²) in [5.74, 6) is -0.928. The van der Waals surface area contributed by atoms with Gasteiger partial charge in [0, 0.05) is 15.3 Å². The molecule has 0 spiro atoms. The second kappa shape index (κ2) is 9.05. The van der Waals surface area contributed by atoms with Gasteiger partial charge >= 0.3 is 0 Å². The Morgan fingerprint density at radius 2 is 1.83 bits per heavy atom. The number of nitrogens with two attached hydrogens (primary N) is 1. The molecule has 0 radical (unpaired) electrons. The van der Waals surface area contributed by atoms with Crippen LogP contribution >= 0.6 is 22.7 Å². The Morgan fingerprint density at radius 3 is 2.54 bits per heavy atom. The number of aryl methyl sites for hydroxylation is 3. The standard InChI is InChI=1S/C26H26N4O3S2/c1-13-8-10-16(11-9-13)19-15(3)34-24-21(19)26(33)30(12-28-24)14(2)23(32)29-25-20(22(27)31)17-6-4-5-7-18(17)35-25/h8-12,14H,4-7H2,1-3H3,(H2,27,31)(H,29,32). The SMILES string of the molecule is Cc1ccc(-c2c(C)sc3ncn(C(C)C(=O)Nc4sc5c(c4C(N)=O)CCCC5)c(=O)c23)cc1. The van der Waals surface area contributed by atoms with Crippen molar-refractivity contribution in [2.24, 2.45) is 5.73 Å². The smallest absolute Gasteiger partial charge is 0.263 e. The Hall–Kier alpha value is -3.30. The summed E-state index contributed by atoms with van der Waals surface area (Å²) < 4.78 is 1.36. The molecule has 2 amide bonds. The van der Waals surface area contributed by atoms with Crippen LogP contribution in [0.5, 0.6) is 0 Å². The molecule has 0 saturated carbocycles. The van der Waals surface area contributed by atoms with E-state index in [1.54, 1.807) is 6.92 Å². The Morgan fingerprint density at radius 1 is 1.11 bits per heavy atom. The fourth-order valence-corrected chi connectivity index (χ4v) is 7.02. The normalized spacial score (nSPS) is 14.0. The Balaban J connectivity index is 1.52. The molecule has 1 aliphatic carbocycles. The first kappa shape index (κ1) is 23.4. The zero-order valence-corrected chi connectivity index (χ0v) is 21.4. The summed E-state index contributed by atoms with van der Waals surface area (Å²) in [4.78, 5) is 46.3. The lowest BCUT2D eigenvalue weighted by atomic mass is 9.95. The van der Waals surface area contributed by atoms with Crippen LogP contribution in [0.4, 0.5) is 5.00 Å². The number of fused-ring (bicyclic) bond motifs is 2. The second-order valence-corrected chi connectivity index (χ2v) is 11.3. The zero-order valence-electron chi connectivity index (χ0n) is 19.8. The van der Waals surface area contributed by atoms with E-state index in [1.807, 2.05) is 38.1 Å². The molecular formula is C26H26N4O3S2. The number of thiophene rings is 2. The number of hydrogen-bond acceptors (Lipinski definition) is 6. The van der Waals surface area contributed by atoms with Gasteiger partial charge in [0.25, 0.3) is 11.5 Å². The molecule has 7 nitrogen and oxygen atoms in total. The van der Waals surface area contributed by atoms with E-state index in [1.165, 1.54) is 33.6 Å². The van der Waals surface area contributed by atoms with Gasteiger partial charge in [-0.25, -0.2) is 4.98 Å². The molecule has 0 aliphatic heterocycles. The van der Waals surface area contributed by atoms with Crippen molar-refractivity contribution in [3.63, 3.8) is 0 Å². The quantitative estimate of drug-likeness (QED) is 0.398. The molecule has 3 heterocycles. The minimum Gasteiger partial charge on any atom is -0.365 e. The van der Waals surface area contributed by atoms with Crippen molar-refractivity contribution >= 4 is 49.7 Å². The predicted molar refractivity (Wildman–Crippen MR) is 142 cm³/mol. The van der Waals surface area contributed by atoms with Gasteiger partial charge < -0.3 is 11.1 Å². The first-order valence-corrected chi connectivity index (χ1v) is 13.2. The minimum absolute atomic E-state index is 0.266. The number of nitrogens with zero attached hydrogens (tertiary/aromatic N) is 2. The van der Waals surface area contributed by atoms with Crippen LogP contribution in [0.3, 0.4) is 0 Å². The summed E-state index contributed by atoms with van der Waals surface area (Å²) in [6, 6.07) is 7.20. The average molecular weight is 507 g/mol. The number of aromatic nitrogens is 2. The number of carbonyl (C=O) groups excluding carboxylic acids is 2. The number of nitrogens with one attached hydrogen (secondary N) is 1. The van der Waals surface area contributed by atoms with Gasteiger partial charge in [-0.2, -0.15) is 0 Å². The maximum atomic E-state index is 13.6. The van der Waals surface area contributed by atoms with E-state index in [2.05, 4.69) is 10.3 Å². The van der Waals surface area contributed by atoms with E-state index in [0.29, 0.717) is 20.8 Å². The molecule has 9 heteroatoms. The summed E-state index contributed by atoms with van der Waals surface area (Å²) in [5.41, 5.74) is 9.70. The molecule has 35 heavy (non-hydrogen) atoms. The van der Waals surface area contributed by atoms with Crippen LogP contribution in [-0.4, -0.2) is 21.4 Å². The number of rotatable bonds is 5. The van der Waals surface area contributed by atoms with Crippen molar-refractivity contribution in [3.8, 4) is 11.1 Å². The van der Waals surface area contributed by atoms with Gasteiger partial charge in [-0.15, -0.1) is 22.7 Å². The number of primary amides is 1. The van der Waals surface area contributed by atoms with Gasteiger partial charge in [0.1, 0.15) is 15.9 Å². The third kappa shape index (κ3) is 4.08. The number of carbonyl (C=O) groups is 2. The minimum atomic E-state index is -0.828. The lowest BCUT2D eigenvalue weighted by Crippen LogP contribution is -2.32. The maximum absolute atomic E-state index is 13.6. The predicted octanol–water partition coefficient (Wildman–Crippen LogP) is 4.98. The molecule has 1 aliphatic rings. The summed E-state index contributed by atoms with van der Waals surface area (Å²) in [6.45, 7) is 5.66.